The van der Waals surface area contributed by atoms with E-state index in [0.717, 1.165) is 0 Å². The molecule has 2 atom stereocenters. The average molecular weight is 147 g/mol. The lowest BCUT2D eigenvalue weighted by atomic mass is 10.0. The number of hydrazine groups is 1. The summed E-state index contributed by atoms with van der Waals surface area (Å²) in [7, 11) is 0. The molecule has 0 aromatic rings. The van der Waals surface area contributed by atoms with Crippen LogP contribution in [0.25, 0.3) is 0 Å². The van der Waals surface area contributed by atoms with E-state index in [2.05, 4.69) is 5.43 Å². The summed E-state index contributed by atoms with van der Waals surface area (Å²) in [6, 6.07) is 0.0972. The molecule has 62 valence electrons. The van der Waals surface area contributed by atoms with Gasteiger partial charge in [0, 0.05) is 12.5 Å². The summed E-state index contributed by atoms with van der Waals surface area (Å²) in [5, 5.41) is 8.78. The molecule has 10 heavy (non-hydrogen) atoms. The van der Waals surface area contributed by atoms with Gasteiger partial charge in [0.2, 0.25) is 0 Å². The molecule has 0 amide bonds. The third-order valence-corrected chi connectivity index (χ3v) is 1.51. The number of aliphatic hydroxyl groups is 1. The molecule has 0 spiro atoms. The standard InChI is InChI=1S/C6H17N3O/c1-4(2)5(9-8)3-6(7)10/h4-6,9-10H,3,7-8H2,1-2H3. The van der Waals surface area contributed by atoms with Gasteiger partial charge in [-0.25, -0.2) is 0 Å². The van der Waals surface area contributed by atoms with E-state index in [4.69, 9.17) is 16.7 Å². The van der Waals surface area contributed by atoms with Gasteiger partial charge >= 0.3 is 0 Å². The summed E-state index contributed by atoms with van der Waals surface area (Å²) >= 11 is 0. The maximum absolute atomic E-state index is 8.78. The Labute approximate surface area is 61.6 Å². The molecule has 4 heteroatoms. The van der Waals surface area contributed by atoms with Crippen molar-refractivity contribution in [3.63, 3.8) is 0 Å². The lowest BCUT2D eigenvalue weighted by Crippen LogP contribution is -2.43. The van der Waals surface area contributed by atoms with Gasteiger partial charge in [-0.1, -0.05) is 13.8 Å². The molecule has 0 saturated carbocycles. The van der Waals surface area contributed by atoms with Gasteiger partial charge in [0.25, 0.3) is 0 Å². The van der Waals surface area contributed by atoms with Crippen molar-refractivity contribution >= 4 is 0 Å². The lowest BCUT2D eigenvalue weighted by molar-refractivity contribution is 0.146. The molecule has 0 radical (unpaired) electrons. The third-order valence-electron chi connectivity index (χ3n) is 1.51. The van der Waals surface area contributed by atoms with Crippen molar-refractivity contribution in [2.45, 2.75) is 32.5 Å². The van der Waals surface area contributed by atoms with Crippen LogP contribution in [0.5, 0.6) is 0 Å². The van der Waals surface area contributed by atoms with E-state index in [0.29, 0.717) is 12.3 Å². The number of hydrogen-bond acceptors (Lipinski definition) is 4. The molecule has 0 heterocycles. The highest BCUT2D eigenvalue weighted by atomic mass is 16.3. The smallest absolute Gasteiger partial charge is 0.103 e. The van der Waals surface area contributed by atoms with Gasteiger partial charge in [-0.15, -0.1) is 0 Å². The molecule has 0 aromatic heterocycles. The van der Waals surface area contributed by atoms with E-state index >= 15 is 0 Å². The number of nitrogens with one attached hydrogen (secondary N) is 1. The SMILES string of the molecule is CC(C)C(CC(N)O)NN. The molecule has 0 aromatic carbocycles. The van der Waals surface area contributed by atoms with Crippen molar-refractivity contribution in [2.24, 2.45) is 17.5 Å². The highest BCUT2D eigenvalue weighted by Gasteiger charge is 2.13. The molecule has 0 aliphatic heterocycles. The Bertz CT molecular complexity index is 85.1. The molecular formula is C6H17N3O. The summed E-state index contributed by atoms with van der Waals surface area (Å²) in [6.07, 6.45) is -0.280. The minimum Gasteiger partial charge on any atom is -0.379 e. The van der Waals surface area contributed by atoms with E-state index in [-0.39, 0.29) is 6.04 Å². The third kappa shape index (κ3) is 3.79. The Morgan fingerprint density at radius 3 is 2.10 bits per heavy atom. The van der Waals surface area contributed by atoms with E-state index in [9.17, 15) is 0 Å². The van der Waals surface area contributed by atoms with Crippen molar-refractivity contribution in [1.29, 1.82) is 0 Å². The van der Waals surface area contributed by atoms with Crippen LogP contribution in [0.3, 0.4) is 0 Å². The van der Waals surface area contributed by atoms with Crippen molar-refractivity contribution in [2.75, 3.05) is 0 Å². The first-order valence-electron chi connectivity index (χ1n) is 3.47. The van der Waals surface area contributed by atoms with Gasteiger partial charge in [-0.2, -0.15) is 0 Å². The fourth-order valence-corrected chi connectivity index (χ4v) is 0.793. The molecule has 0 fully saturated rings. The fourth-order valence-electron chi connectivity index (χ4n) is 0.793. The van der Waals surface area contributed by atoms with Crippen molar-refractivity contribution in [1.82, 2.24) is 5.43 Å². The molecule has 0 bridgehead atoms. The van der Waals surface area contributed by atoms with Crippen molar-refractivity contribution < 1.29 is 5.11 Å². The molecule has 4 nitrogen and oxygen atoms in total. The van der Waals surface area contributed by atoms with E-state index < -0.39 is 6.23 Å². The predicted molar refractivity (Wildman–Crippen MR) is 40.8 cm³/mol. The first-order valence-corrected chi connectivity index (χ1v) is 3.47. The Kier molecular flexibility index (Phi) is 4.55. The van der Waals surface area contributed by atoms with Crippen molar-refractivity contribution in [3.05, 3.63) is 0 Å². The number of aliphatic hydroxyl groups excluding tert-OH is 1. The number of hydrogen-bond donors (Lipinski definition) is 4. The maximum Gasteiger partial charge on any atom is 0.103 e. The Balaban J connectivity index is 3.60. The monoisotopic (exact) mass is 147 g/mol. The Morgan fingerprint density at radius 1 is 1.50 bits per heavy atom. The number of nitrogens with two attached hydrogens (primary N) is 2. The van der Waals surface area contributed by atoms with Crippen LogP contribution in [-0.4, -0.2) is 17.4 Å². The summed E-state index contributed by atoms with van der Waals surface area (Å²) in [4.78, 5) is 0. The highest BCUT2D eigenvalue weighted by molar-refractivity contribution is 4.68. The van der Waals surface area contributed by atoms with Crippen LogP contribution in [-0.2, 0) is 0 Å². The Hall–Kier alpha value is -0.160. The molecule has 0 saturated heterocycles. The minimum absolute atomic E-state index is 0.0972. The van der Waals surface area contributed by atoms with Crippen LogP contribution in [0.1, 0.15) is 20.3 Å². The van der Waals surface area contributed by atoms with Gasteiger partial charge in [0.05, 0.1) is 0 Å². The summed E-state index contributed by atoms with van der Waals surface area (Å²) < 4.78 is 0. The van der Waals surface area contributed by atoms with Crippen LogP contribution >= 0.6 is 0 Å². The van der Waals surface area contributed by atoms with Crippen LogP contribution in [0.4, 0.5) is 0 Å². The zero-order valence-corrected chi connectivity index (χ0v) is 6.54. The quantitative estimate of drug-likeness (QED) is 0.237. The van der Waals surface area contributed by atoms with E-state index in [1.807, 2.05) is 13.8 Å². The van der Waals surface area contributed by atoms with Gasteiger partial charge < -0.3 is 10.8 Å². The zero-order chi connectivity index (χ0) is 8.15. The Morgan fingerprint density at radius 2 is 2.00 bits per heavy atom. The number of rotatable bonds is 4. The van der Waals surface area contributed by atoms with Gasteiger partial charge in [-0.05, 0) is 5.92 Å². The van der Waals surface area contributed by atoms with E-state index in [1.54, 1.807) is 0 Å². The topological polar surface area (TPSA) is 84.3 Å². The first kappa shape index (κ1) is 9.84. The largest absolute Gasteiger partial charge is 0.379 e. The second kappa shape index (κ2) is 4.62. The highest BCUT2D eigenvalue weighted by Crippen LogP contribution is 2.04. The second-order valence-corrected chi connectivity index (χ2v) is 2.82. The van der Waals surface area contributed by atoms with Gasteiger partial charge in [0.1, 0.15) is 6.23 Å². The maximum atomic E-state index is 8.78. The minimum atomic E-state index is -0.775. The van der Waals surface area contributed by atoms with Gasteiger partial charge in [0.15, 0.2) is 0 Å². The molecular weight excluding hydrogens is 130 g/mol. The normalized spacial score (nSPS) is 17.4. The first-order chi connectivity index (χ1) is 4.57. The fraction of sp³-hybridized carbons (Fsp3) is 1.00. The molecule has 0 rings (SSSR count). The van der Waals surface area contributed by atoms with E-state index in [1.165, 1.54) is 0 Å². The van der Waals surface area contributed by atoms with Crippen LogP contribution in [0, 0.1) is 5.92 Å². The molecule has 0 aliphatic carbocycles. The second-order valence-electron chi connectivity index (χ2n) is 2.82. The van der Waals surface area contributed by atoms with Crippen molar-refractivity contribution in [3.8, 4) is 0 Å². The summed E-state index contributed by atoms with van der Waals surface area (Å²) in [6.45, 7) is 4.04. The molecule has 6 N–H and O–H groups in total. The summed E-state index contributed by atoms with van der Waals surface area (Å²) in [5.74, 6) is 5.60. The molecule has 2 unspecified atom stereocenters. The van der Waals surface area contributed by atoms with Crippen LogP contribution in [0.15, 0.2) is 0 Å². The molecule has 0 aliphatic rings. The average Bonchev–Trinajstić information content (AvgIpc) is 1.81. The van der Waals surface area contributed by atoms with Crippen LogP contribution in [0.2, 0.25) is 0 Å². The van der Waals surface area contributed by atoms with Gasteiger partial charge in [-0.3, -0.25) is 11.3 Å². The zero-order valence-electron chi connectivity index (χ0n) is 6.54. The summed E-state index contributed by atoms with van der Waals surface area (Å²) in [5.41, 5.74) is 7.76. The lowest BCUT2D eigenvalue weighted by Gasteiger charge is -2.20. The predicted octanol–water partition coefficient (Wildman–Crippen LogP) is -0.858. The van der Waals surface area contributed by atoms with Crippen LogP contribution < -0.4 is 17.0 Å².